The Labute approximate surface area is 167 Å². The molecule has 0 spiro atoms. The number of methoxy groups -OCH3 is 1. The van der Waals surface area contributed by atoms with Crippen LogP contribution in [0.3, 0.4) is 0 Å². The van der Waals surface area contributed by atoms with E-state index in [1.807, 2.05) is 6.07 Å². The van der Waals surface area contributed by atoms with Gasteiger partial charge in [0.2, 0.25) is 0 Å². The number of Topliss-reactive ketones (excluding diaryl/α,β-unsaturated/α-hetero) is 1. The molecule has 0 bridgehead atoms. The number of aromatic nitrogens is 2. The number of halogens is 1. The van der Waals surface area contributed by atoms with E-state index in [4.69, 9.17) is 16.3 Å². The van der Waals surface area contributed by atoms with E-state index in [-0.39, 0.29) is 11.7 Å². The molecule has 1 aliphatic heterocycles. The van der Waals surface area contributed by atoms with Gasteiger partial charge < -0.3 is 4.74 Å². The highest BCUT2D eigenvalue weighted by Crippen LogP contribution is 2.29. The van der Waals surface area contributed by atoms with Crippen LogP contribution in [0, 0.1) is 5.92 Å². The van der Waals surface area contributed by atoms with E-state index in [1.54, 1.807) is 25.3 Å². The summed E-state index contributed by atoms with van der Waals surface area (Å²) < 4.78 is 13.9. The normalized spacial score (nSPS) is 17.9. The molecule has 0 radical (unpaired) electrons. The highest BCUT2D eigenvalue weighted by atomic mass is 35.5. The molecule has 7 heteroatoms. The van der Waals surface area contributed by atoms with Gasteiger partial charge in [0.1, 0.15) is 16.8 Å². The summed E-state index contributed by atoms with van der Waals surface area (Å²) in [5.74, 6) is 0.650. The van der Waals surface area contributed by atoms with Gasteiger partial charge in [-0.25, -0.2) is 0 Å². The first kappa shape index (κ1) is 18.3. The first-order valence-corrected chi connectivity index (χ1v) is 10.1. The maximum atomic E-state index is 13.1. The highest BCUT2D eigenvalue weighted by molar-refractivity contribution is 7.00. The first-order chi connectivity index (χ1) is 13.1. The van der Waals surface area contributed by atoms with Crippen LogP contribution < -0.4 is 4.74 Å². The molecule has 4 rings (SSSR count). The molecular weight excluding hydrogens is 382 g/mol. The molecule has 3 aromatic rings. The van der Waals surface area contributed by atoms with Gasteiger partial charge in [-0.2, -0.15) is 8.75 Å². The molecule has 140 valence electrons. The van der Waals surface area contributed by atoms with Gasteiger partial charge in [0, 0.05) is 24.0 Å². The van der Waals surface area contributed by atoms with Crippen molar-refractivity contribution in [2.45, 2.75) is 19.4 Å². The van der Waals surface area contributed by atoms with Crippen LogP contribution in [0.1, 0.15) is 28.8 Å². The summed E-state index contributed by atoms with van der Waals surface area (Å²) in [6, 6.07) is 11.4. The Bertz CT molecular complexity index is 975. The molecule has 0 unspecified atom stereocenters. The van der Waals surface area contributed by atoms with Crippen LogP contribution in [-0.2, 0) is 6.54 Å². The number of rotatable bonds is 5. The topological polar surface area (TPSA) is 55.3 Å². The van der Waals surface area contributed by atoms with Crippen LogP contribution >= 0.6 is 23.3 Å². The second-order valence-electron chi connectivity index (χ2n) is 6.87. The third kappa shape index (κ3) is 3.98. The van der Waals surface area contributed by atoms with Crippen LogP contribution in [0.25, 0.3) is 11.0 Å². The summed E-state index contributed by atoms with van der Waals surface area (Å²) in [5.41, 5.74) is 3.64. The van der Waals surface area contributed by atoms with Gasteiger partial charge in [-0.1, -0.05) is 17.7 Å². The number of ether oxygens (including phenoxy) is 1. The summed E-state index contributed by atoms with van der Waals surface area (Å²) in [5, 5.41) is 0.553. The summed E-state index contributed by atoms with van der Waals surface area (Å²) in [7, 11) is 1.58. The Morgan fingerprint density at radius 2 is 2.11 bits per heavy atom. The summed E-state index contributed by atoms with van der Waals surface area (Å²) >= 11 is 7.34. The van der Waals surface area contributed by atoms with E-state index in [0.29, 0.717) is 16.3 Å². The van der Waals surface area contributed by atoms with Crippen molar-refractivity contribution in [3.63, 3.8) is 0 Å². The largest absolute Gasteiger partial charge is 0.496 e. The molecule has 2 heterocycles. The van der Waals surface area contributed by atoms with Crippen molar-refractivity contribution in [3.8, 4) is 5.75 Å². The number of piperidine rings is 1. The zero-order chi connectivity index (χ0) is 18.8. The number of hydrogen-bond acceptors (Lipinski definition) is 6. The van der Waals surface area contributed by atoms with Crippen LogP contribution in [-0.4, -0.2) is 39.6 Å². The number of nitrogens with zero attached hydrogens (tertiary/aromatic N) is 3. The number of carbonyl (C=O) groups is 1. The number of fused-ring (bicyclic) bond motifs is 1. The minimum absolute atomic E-state index is 0.0456. The molecule has 0 amide bonds. The second kappa shape index (κ2) is 7.92. The van der Waals surface area contributed by atoms with Gasteiger partial charge >= 0.3 is 0 Å². The van der Waals surface area contributed by atoms with E-state index in [0.717, 1.165) is 43.5 Å². The quantitative estimate of drug-likeness (QED) is 0.591. The maximum absolute atomic E-state index is 13.1. The molecule has 27 heavy (non-hydrogen) atoms. The van der Waals surface area contributed by atoms with Crippen molar-refractivity contribution in [2.24, 2.45) is 5.92 Å². The Balaban J connectivity index is 1.49. The van der Waals surface area contributed by atoms with Gasteiger partial charge in [0.15, 0.2) is 5.78 Å². The number of carbonyl (C=O) groups excluding carboxylic acids is 1. The number of hydrogen-bond donors (Lipinski definition) is 0. The second-order valence-corrected chi connectivity index (χ2v) is 7.84. The monoisotopic (exact) mass is 401 g/mol. The fourth-order valence-electron chi connectivity index (χ4n) is 3.69. The fourth-order valence-corrected chi connectivity index (χ4v) is 4.38. The average molecular weight is 402 g/mol. The molecule has 0 saturated carbocycles. The number of likely N-dealkylation sites (tertiary alicyclic amines) is 1. The van der Waals surface area contributed by atoms with Crippen molar-refractivity contribution in [2.75, 3.05) is 20.2 Å². The Kier molecular flexibility index (Phi) is 5.38. The van der Waals surface area contributed by atoms with E-state index < -0.39 is 0 Å². The smallest absolute Gasteiger partial charge is 0.170 e. The Morgan fingerprint density at radius 1 is 1.26 bits per heavy atom. The SMILES string of the molecule is COc1ccc(Cl)cc1C(=O)[C@H]1CCCN(Cc2ccc3nsnc3c2)C1. The number of ketones is 1. The zero-order valence-corrected chi connectivity index (χ0v) is 16.6. The summed E-state index contributed by atoms with van der Waals surface area (Å²) in [6.07, 6.45) is 1.89. The molecule has 1 atom stereocenters. The highest BCUT2D eigenvalue weighted by Gasteiger charge is 2.28. The number of benzene rings is 2. The summed E-state index contributed by atoms with van der Waals surface area (Å²) in [6.45, 7) is 2.54. The van der Waals surface area contributed by atoms with Crippen molar-refractivity contribution in [3.05, 3.63) is 52.5 Å². The minimum atomic E-state index is -0.0456. The van der Waals surface area contributed by atoms with Gasteiger partial charge in [-0.3, -0.25) is 9.69 Å². The molecule has 0 aliphatic carbocycles. The molecule has 2 aromatic carbocycles. The standard InChI is InChI=1S/C20H20ClN3O2S/c1-26-19-7-5-15(21)10-16(19)20(25)14-3-2-8-24(12-14)11-13-4-6-17-18(9-13)23-27-22-17/h4-7,9-10,14H,2-3,8,11-12H2,1H3/t14-/m0/s1. The van der Waals surface area contributed by atoms with Crippen LogP contribution in [0.4, 0.5) is 0 Å². The molecule has 1 aliphatic rings. The fraction of sp³-hybridized carbons (Fsp3) is 0.350. The summed E-state index contributed by atoms with van der Waals surface area (Å²) in [4.78, 5) is 15.4. The molecule has 0 N–H and O–H groups in total. The molecular formula is C20H20ClN3O2S. The zero-order valence-electron chi connectivity index (χ0n) is 15.0. The van der Waals surface area contributed by atoms with Crippen LogP contribution in [0.2, 0.25) is 5.02 Å². The molecule has 5 nitrogen and oxygen atoms in total. The first-order valence-electron chi connectivity index (χ1n) is 8.95. The lowest BCUT2D eigenvalue weighted by Crippen LogP contribution is -2.38. The van der Waals surface area contributed by atoms with E-state index >= 15 is 0 Å². The lowest BCUT2D eigenvalue weighted by atomic mass is 9.89. The maximum Gasteiger partial charge on any atom is 0.170 e. The van der Waals surface area contributed by atoms with E-state index in [9.17, 15) is 4.79 Å². The van der Waals surface area contributed by atoms with E-state index in [1.165, 1.54) is 17.3 Å². The van der Waals surface area contributed by atoms with Crippen molar-refractivity contribution in [1.82, 2.24) is 13.6 Å². The predicted octanol–water partition coefficient (Wildman–Crippen LogP) is 4.45. The van der Waals surface area contributed by atoms with E-state index in [2.05, 4.69) is 25.8 Å². The average Bonchev–Trinajstić information content (AvgIpc) is 3.15. The van der Waals surface area contributed by atoms with Crippen molar-refractivity contribution < 1.29 is 9.53 Å². The van der Waals surface area contributed by atoms with Gasteiger partial charge in [-0.05, 0) is 55.3 Å². The lowest BCUT2D eigenvalue weighted by molar-refractivity contribution is 0.0808. The van der Waals surface area contributed by atoms with Gasteiger partial charge in [0.25, 0.3) is 0 Å². The van der Waals surface area contributed by atoms with Gasteiger partial charge in [-0.15, -0.1) is 0 Å². The van der Waals surface area contributed by atoms with Crippen molar-refractivity contribution >= 4 is 40.1 Å². The predicted molar refractivity (Wildman–Crippen MR) is 108 cm³/mol. The molecule has 1 fully saturated rings. The third-order valence-electron chi connectivity index (χ3n) is 5.03. The lowest BCUT2D eigenvalue weighted by Gasteiger charge is -2.32. The van der Waals surface area contributed by atoms with Crippen molar-refractivity contribution in [1.29, 1.82) is 0 Å². The third-order valence-corrected chi connectivity index (χ3v) is 5.82. The Morgan fingerprint density at radius 3 is 2.96 bits per heavy atom. The van der Waals surface area contributed by atoms with Crippen LogP contribution in [0.5, 0.6) is 5.75 Å². The Hall–Kier alpha value is -2.02. The van der Waals surface area contributed by atoms with Crippen LogP contribution in [0.15, 0.2) is 36.4 Å². The molecule has 1 saturated heterocycles. The molecule has 1 aromatic heterocycles. The van der Waals surface area contributed by atoms with Gasteiger partial charge in [0.05, 0.1) is 24.4 Å². The minimum Gasteiger partial charge on any atom is -0.496 e.